The van der Waals surface area contributed by atoms with Crippen LogP contribution in [0.5, 0.6) is 0 Å². The highest BCUT2D eigenvalue weighted by atomic mass is 14.8. The van der Waals surface area contributed by atoms with E-state index in [4.69, 9.17) is 0 Å². The Labute approximate surface area is 96.4 Å². The number of quaternary nitrogens is 1. The molecule has 82 valence electrons. The van der Waals surface area contributed by atoms with Crippen molar-refractivity contribution in [1.29, 1.82) is 0 Å². The summed E-state index contributed by atoms with van der Waals surface area (Å²) in [5, 5.41) is 2.29. The lowest BCUT2D eigenvalue weighted by Crippen LogP contribution is -2.80. The van der Waals surface area contributed by atoms with E-state index in [1.165, 1.54) is 16.7 Å². The highest BCUT2D eigenvalue weighted by Crippen LogP contribution is 2.01. The molecule has 16 heavy (non-hydrogen) atoms. The normalized spacial score (nSPS) is 10.3. The van der Waals surface area contributed by atoms with E-state index < -0.39 is 0 Å². The standard InChI is InChI=1S/C14H16N2/c1-12-4-6-13(7-5-12)9-16-11-14-3-2-8-15-10-14/h2-8,10,16H,9,11H2,1H3/p+1. The summed E-state index contributed by atoms with van der Waals surface area (Å²) in [5.41, 5.74) is 3.96. The van der Waals surface area contributed by atoms with Gasteiger partial charge in [-0.1, -0.05) is 35.9 Å². The fourth-order valence-corrected chi connectivity index (χ4v) is 1.65. The Hall–Kier alpha value is -1.67. The summed E-state index contributed by atoms with van der Waals surface area (Å²) in [6, 6.07) is 12.8. The smallest absolute Gasteiger partial charge is 0.103 e. The van der Waals surface area contributed by atoms with Crippen molar-refractivity contribution in [2.24, 2.45) is 0 Å². The highest BCUT2D eigenvalue weighted by molar-refractivity contribution is 5.20. The van der Waals surface area contributed by atoms with Crippen molar-refractivity contribution in [2.45, 2.75) is 20.0 Å². The number of benzene rings is 1. The zero-order valence-corrected chi connectivity index (χ0v) is 9.56. The maximum absolute atomic E-state index is 4.10. The molecule has 0 radical (unpaired) electrons. The second kappa shape index (κ2) is 5.42. The summed E-state index contributed by atoms with van der Waals surface area (Å²) in [4.78, 5) is 4.10. The molecule has 2 nitrogen and oxygen atoms in total. The summed E-state index contributed by atoms with van der Waals surface area (Å²) in [5.74, 6) is 0. The molecule has 0 saturated carbocycles. The van der Waals surface area contributed by atoms with Crippen LogP contribution in [0.2, 0.25) is 0 Å². The van der Waals surface area contributed by atoms with Crippen molar-refractivity contribution in [3.05, 3.63) is 65.5 Å². The van der Waals surface area contributed by atoms with Crippen molar-refractivity contribution >= 4 is 0 Å². The van der Waals surface area contributed by atoms with Gasteiger partial charge in [-0.3, -0.25) is 4.98 Å². The molecule has 0 saturated heterocycles. The van der Waals surface area contributed by atoms with Crippen molar-refractivity contribution in [3.8, 4) is 0 Å². The fourth-order valence-electron chi connectivity index (χ4n) is 1.65. The summed E-state index contributed by atoms with van der Waals surface area (Å²) in [6.45, 7) is 4.13. The van der Waals surface area contributed by atoms with Crippen LogP contribution in [0.4, 0.5) is 0 Å². The molecular weight excluding hydrogens is 196 g/mol. The van der Waals surface area contributed by atoms with E-state index in [1.807, 2.05) is 18.5 Å². The van der Waals surface area contributed by atoms with Crippen molar-refractivity contribution in [2.75, 3.05) is 0 Å². The zero-order chi connectivity index (χ0) is 11.2. The van der Waals surface area contributed by atoms with E-state index in [9.17, 15) is 0 Å². The number of aromatic nitrogens is 1. The Balaban J connectivity index is 1.82. The van der Waals surface area contributed by atoms with Gasteiger partial charge >= 0.3 is 0 Å². The van der Waals surface area contributed by atoms with Gasteiger partial charge in [0.2, 0.25) is 0 Å². The SMILES string of the molecule is Cc1ccc(C[NH2+]Cc2cccnc2)cc1. The summed E-state index contributed by atoms with van der Waals surface area (Å²) in [7, 11) is 0. The topological polar surface area (TPSA) is 29.5 Å². The van der Waals surface area contributed by atoms with Gasteiger partial charge in [-0.25, -0.2) is 0 Å². The largest absolute Gasteiger partial charge is 0.339 e. The van der Waals surface area contributed by atoms with Crippen LogP contribution in [0, 0.1) is 6.92 Å². The van der Waals surface area contributed by atoms with E-state index in [0.29, 0.717) is 0 Å². The Morgan fingerprint density at radius 2 is 1.75 bits per heavy atom. The first kappa shape index (κ1) is 10.8. The van der Waals surface area contributed by atoms with Crippen molar-refractivity contribution in [3.63, 3.8) is 0 Å². The minimum absolute atomic E-state index is 0.988. The Morgan fingerprint density at radius 3 is 2.44 bits per heavy atom. The number of hydrogen-bond donors (Lipinski definition) is 1. The summed E-state index contributed by atoms with van der Waals surface area (Å²) >= 11 is 0. The summed E-state index contributed by atoms with van der Waals surface area (Å²) in [6.07, 6.45) is 3.73. The van der Waals surface area contributed by atoms with E-state index in [1.54, 1.807) is 0 Å². The number of nitrogens with zero attached hydrogens (tertiary/aromatic N) is 1. The molecular formula is C14H17N2+. The lowest BCUT2D eigenvalue weighted by atomic mass is 10.1. The molecule has 0 aliphatic carbocycles. The van der Waals surface area contributed by atoms with Gasteiger partial charge in [0.15, 0.2) is 0 Å². The monoisotopic (exact) mass is 213 g/mol. The van der Waals surface area contributed by atoms with Crippen LogP contribution in [0.15, 0.2) is 48.8 Å². The molecule has 0 atom stereocenters. The number of pyridine rings is 1. The summed E-state index contributed by atoms with van der Waals surface area (Å²) < 4.78 is 0. The minimum atomic E-state index is 0.988. The average Bonchev–Trinajstić information content (AvgIpc) is 2.33. The molecule has 1 aromatic heterocycles. The fraction of sp³-hybridized carbons (Fsp3) is 0.214. The third-order valence-corrected chi connectivity index (χ3v) is 2.60. The van der Waals surface area contributed by atoms with Crippen LogP contribution < -0.4 is 5.32 Å². The van der Waals surface area contributed by atoms with Gasteiger partial charge in [-0.2, -0.15) is 0 Å². The predicted molar refractivity (Wildman–Crippen MR) is 64.7 cm³/mol. The van der Waals surface area contributed by atoms with Crippen LogP contribution in [0.3, 0.4) is 0 Å². The lowest BCUT2D eigenvalue weighted by Gasteiger charge is -2.02. The Morgan fingerprint density at radius 1 is 1.00 bits per heavy atom. The molecule has 1 aromatic carbocycles. The Bertz CT molecular complexity index is 420. The van der Waals surface area contributed by atoms with Crippen molar-refractivity contribution < 1.29 is 5.32 Å². The maximum atomic E-state index is 4.10. The van der Waals surface area contributed by atoms with Gasteiger partial charge in [0.1, 0.15) is 13.1 Å². The van der Waals surface area contributed by atoms with E-state index in [0.717, 1.165) is 13.1 Å². The van der Waals surface area contributed by atoms with Crippen LogP contribution >= 0.6 is 0 Å². The molecule has 0 aliphatic rings. The molecule has 0 bridgehead atoms. The molecule has 0 fully saturated rings. The number of nitrogens with two attached hydrogens (primary N) is 1. The van der Waals surface area contributed by atoms with Gasteiger partial charge in [-0.05, 0) is 13.0 Å². The molecule has 0 unspecified atom stereocenters. The number of hydrogen-bond acceptors (Lipinski definition) is 1. The number of aryl methyl sites for hydroxylation is 1. The zero-order valence-electron chi connectivity index (χ0n) is 9.56. The van der Waals surface area contributed by atoms with Gasteiger partial charge in [0, 0.05) is 23.5 Å². The van der Waals surface area contributed by atoms with Gasteiger partial charge < -0.3 is 5.32 Å². The minimum Gasteiger partial charge on any atom is -0.339 e. The van der Waals surface area contributed by atoms with Crippen molar-refractivity contribution in [1.82, 2.24) is 4.98 Å². The first-order chi connectivity index (χ1) is 7.84. The van der Waals surface area contributed by atoms with Crippen LogP contribution in [-0.4, -0.2) is 4.98 Å². The predicted octanol–water partition coefficient (Wildman–Crippen LogP) is 1.65. The second-order valence-electron chi connectivity index (χ2n) is 4.04. The van der Waals surface area contributed by atoms with Crippen LogP contribution in [-0.2, 0) is 13.1 Å². The van der Waals surface area contributed by atoms with E-state index in [-0.39, 0.29) is 0 Å². The molecule has 2 aromatic rings. The van der Waals surface area contributed by atoms with Crippen LogP contribution in [0.1, 0.15) is 16.7 Å². The maximum Gasteiger partial charge on any atom is 0.103 e. The quantitative estimate of drug-likeness (QED) is 0.822. The number of rotatable bonds is 4. The molecule has 2 rings (SSSR count). The van der Waals surface area contributed by atoms with Crippen LogP contribution in [0.25, 0.3) is 0 Å². The second-order valence-corrected chi connectivity index (χ2v) is 4.04. The first-order valence-corrected chi connectivity index (χ1v) is 5.61. The first-order valence-electron chi connectivity index (χ1n) is 5.61. The molecule has 2 N–H and O–H groups in total. The average molecular weight is 213 g/mol. The molecule has 1 heterocycles. The van der Waals surface area contributed by atoms with E-state index in [2.05, 4.69) is 47.6 Å². The van der Waals surface area contributed by atoms with E-state index >= 15 is 0 Å². The Kier molecular flexibility index (Phi) is 3.67. The molecule has 0 spiro atoms. The highest BCUT2D eigenvalue weighted by Gasteiger charge is 1.96. The third-order valence-electron chi connectivity index (χ3n) is 2.60. The van der Waals surface area contributed by atoms with Gasteiger partial charge in [-0.15, -0.1) is 0 Å². The third kappa shape index (κ3) is 3.17. The molecule has 0 aliphatic heterocycles. The van der Waals surface area contributed by atoms with Gasteiger partial charge in [0.05, 0.1) is 0 Å². The lowest BCUT2D eigenvalue weighted by molar-refractivity contribution is -0.686. The molecule has 0 amide bonds. The molecule has 2 heteroatoms. The van der Waals surface area contributed by atoms with Gasteiger partial charge in [0.25, 0.3) is 0 Å².